The molecule has 206 valence electrons. The van der Waals surface area contributed by atoms with Crippen LogP contribution in [0.25, 0.3) is 10.2 Å². The maximum absolute atomic E-state index is 12.6. The van der Waals surface area contributed by atoms with Crippen LogP contribution in [0.3, 0.4) is 0 Å². The maximum atomic E-state index is 12.6. The maximum Gasteiger partial charge on any atom is 0.407 e. The summed E-state index contributed by atoms with van der Waals surface area (Å²) < 4.78 is 11.5. The number of nitrogens with zero attached hydrogens (tertiary/aromatic N) is 4. The van der Waals surface area contributed by atoms with Gasteiger partial charge in [0.2, 0.25) is 5.91 Å². The number of aromatic nitrogens is 2. The van der Waals surface area contributed by atoms with E-state index in [1.54, 1.807) is 36.4 Å². The number of ether oxygens (including phenoxy) is 2. The highest BCUT2D eigenvalue weighted by Crippen LogP contribution is 2.42. The SMILES string of the molecule is CC(C)OC(=O)NC[C@@H](C)Oc1cc2c(cc1Nc1ncnc3sc4c(c13)CC[C@H](C(=O)N(C)C)C4)C=NC2. The summed E-state index contributed by atoms with van der Waals surface area (Å²) in [5, 5.41) is 7.26. The lowest BCUT2D eigenvalue weighted by atomic mass is 9.87. The smallest absolute Gasteiger partial charge is 0.407 e. The predicted octanol–water partition coefficient (Wildman–Crippen LogP) is 4.46. The van der Waals surface area contributed by atoms with E-state index >= 15 is 0 Å². The molecule has 10 nitrogen and oxygen atoms in total. The zero-order valence-electron chi connectivity index (χ0n) is 22.9. The number of anilines is 2. The lowest BCUT2D eigenvalue weighted by Gasteiger charge is -2.24. The fourth-order valence-electron chi connectivity index (χ4n) is 4.98. The van der Waals surface area contributed by atoms with Crippen molar-refractivity contribution in [1.82, 2.24) is 20.2 Å². The first-order chi connectivity index (χ1) is 18.7. The van der Waals surface area contributed by atoms with Crippen LogP contribution in [0, 0.1) is 5.92 Å². The molecule has 2 amide bonds. The number of fused-ring (bicyclic) bond motifs is 4. The van der Waals surface area contributed by atoms with Gasteiger partial charge in [-0.3, -0.25) is 9.79 Å². The van der Waals surface area contributed by atoms with Crippen molar-refractivity contribution < 1.29 is 19.1 Å². The van der Waals surface area contributed by atoms with Crippen LogP contribution in [-0.4, -0.2) is 65.9 Å². The van der Waals surface area contributed by atoms with Gasteiger partial charge in [0.1, 0.15) is 28.8 Å². The van der Waals surface area contributed by atoms with Gasteiger partial charge in [0, 0.05) is 31.1 Å². The van der Waals surface area contributed by atoms with Gasteiger partial charge in [0.05, 0.1) is 30.3 Å². The summed E-state index contributed by atoms with van der Waals surface area (Å²) >= 11 is 1.64. The van der Waals surface area contributed by atoms with E-state index < -0.39 is 6.09 Å². The second-order valence-corrected chi connectivity index (χ2v) is 11.6. The quantitative estimate of drug-likeness (QED) is 0.425. The fraction of sp³-hybridized carbons (Fsp3) is 0.464. The number of alkyl carbamates (subject to hydrolysis) is 1. The Morgan fingerprint density at radius 2 is 2.03 bits per heavy atom. The predicted molar refractivity (Wildman–Crippen MR) is 152 cm³/mol. The van der Waals surface area contributed by atoms with Gasteiger partial charge in [0.15, 0.2) is 0 Å². The average molecular weight is 551 g/mol. The molecule has 1 aromatic carbocycles. The Morgan fingerprint density at radius 1 is 1.21 bits per heavy atom. The molecule has 2 N–H and O–H groups in total. The lowest BCUT2D eigenvalue weighted by molar-refractivity contribution is -0.133. The Bertz CT molecular complexity index is 1430. The molecule has 0 radical (unpaired) electrons. The zero-order chi connectivity index (χ0) is 27.7. The molecule has 1 aliphatic heterocycles. The van der Waals surface area contributed by atoms with E-state index in [-0.39, 0.29) is 24.0 Å². The summed E-state index contributed by atoms with van der Waals surface area (Å²) in [5.41, 5.74) is 4.08. The molecule has 39 heavy (non-hydrogen) atoms. The summed E-state index contributed by atoms with van der Waals surface area (Å²) in [4.78, 5) is 41.9. The highest BCUT2D eigenvalue weighted by molar-refractivity contribution is 7.19. The summed E-state index contributed by atoms with van der Waals surface area (Å²) in [6.45, 7) is 6.40. The number of hydrogen-bond acceptors (Lipinski definition) is 9. The number of carbonyl (C=O) groups is 2. The molecule has 2 aromatic heterocycles. The molecule has 0 saturated heterocycles. The minimum absolute atomic E-state index is 0.00570. The molecule has 2 aliphatic rings. The summed E-state index contributed by atoms with van der Waals surface area (Å²) in [7, 11) is 3.62. The first-order valence-electron chi connectivity index (χ1n) is 13.2. The van der Waals surface area contributed by atoms with Crippen molar-refractivity contribution in [3.05, 3.63) is 40.0 Å². The van der Waals surface area contributed by atoms with Crippen LogP contribution in [0.4, 0.5) is 16.3 Å². The molecule has 0 fully saturated rings. The van der Waals surface area contributed by atoms with Crippen molar-refractivity contribution in [2.75, 3.05) is 26.0 Å². The summed E-state index contributed by atoms with van der Waals surface area (Å²) in [6, 6.07) is 4.01. The normalized spacial score (nSPS) is 16.5. The number of rotatable bonds is 8. The van der Waals surface area contributed by atoms with Crippen molar-refractivity contribution in [3.8, 4) is 5.75 Å². The zero-order valence-corrected chi connectivity index (χ0v) is 23.7. The van der Waals surface area contributed by atoms with E-state index in [2.05, 4.69) is 25.6 Å². The van der Waals surface area contributed by atoms with Gasteiger partial charge >= 0.3 is 6.09 Å². The van der Waals surface area contributed by atoms with Crippen molar-refractivity contribution in [2.24, 2.45) is 10.9 Å². The number of hydrogen-bond donors (Lipinski definition) is 2. The van der Waals surface area contributed by atoms with E-state index in [1.807, 2.05) is 39.4 Å². The minimum atomic E-state index is -0.471. The molecule has 3 aromatic rings. The van der Waals surface area contributed by atoms with E-state index in [0.29, 0.717) is 24.7 Å². The molecule has 0 unspecified atom stereocenters. The van der Waals surface area contributed by atoms with Crippen molar-refractivity contribution in [2.45, 2.75) is 58.8 Å². The van der Waals surface area contributed by atoms with E-state index in [4.69, 9.17) is 9.47 Å². The van der Waals surface area contributed by atoms with Gasteiger partial charge in [-0.25, -0.2) is 14.8 Å². The van der Waals surface area contributed by atoms with Crippen LogP contribution < -0.4 is 15.4 Å². The largest absolute Gasteiger partial charge is 0.487 e. The number of benzene rings is 1. The van der Waals surface area contributed by atoms with Gasteiger partial charge in [-0.2, -0.15) is 0 Å². The molecular formula is C28H34N6O4S. The van der Waals surface area contributed by atoms with E-state index in [9.17, 15) is 9.59 Å². The number of carbonyl (C=O) groups excluding carboxylic acids is 2. The Labute approximate surface area is 231 Å². The molecular weight excluding hydrogens is 516 g/mol. The second kappa shape index (κ2) is 11.2. The molecule has 1 aliphatic carbocycles. The number of aryl methyl sites for hydroxylation is 1. The summed E-state index contributed by atoms with van der Waals surface area (Å²) in [5.74, 6) is 1.53. The van der Waals surface area contributed by atoms with Gasteiger partial charge < -0.3 is 25.0 Å². The highest BCUT2D eigenvalue weighted by atomic mass is 32.1. The Morgan fingerprint density at radius 3 is 2.79 bits per heavy atom. The average Bonchev–Trinajstić information content (AvgIpc) is 3.50. The van der Waals surface area contributed by atoms with Crippen LogP contribution in [0.5, 0.6) is 5.75 Å². The van der Waals surface area contributed by atoms with Gasteiger partial charge in [0.25, 0.3) is 0 Å². The summed E-state index contributed by atoms with van der Waals surface area (Å²) in [6.07, 6.45) is 4.78. The van der Waals surface area contributed by atoms with Crippen LogP contribution >= 0.6 is 11.3 Å². The third-order valence-corrected chi connectivity index (χ3v) is 7.99. The van der Waals surface area contributed by atoms with Crippen LogP contribution in [0.2, 0.25) is 0 Å². The molecule has 3 heterocycles. The highest BCUT2D eigenvalue weighted by Gasteiger charge is 2.30. The lowest BCUT2D eigenvalue weighted by Crippen LogP contribution is -2.35. The topological polar surface area (TPSA) is 118 Å². The molecule has 5 rings (SSSR count). The first-order valence-corrected chi connectivity index (χ1v) is 14.0. The van der Waals surface area contributed by atoms with Gasteiger partial charge in [-0.15, -0.1) is 11.3 Å². The van der Waals surface area contributed by atoms with Crippen molar-refractivity contribution >= 4 is 51.3 Å². The van der Waals surface area contributed by atoms with Gasteiger partial charge in [-0.05, 0) is 68.9 Å². The molecule has 0 bridgehead atoms. The third kappa shape index (κ3) is 5.83. The van der Waals surface area contributed by atoms with Crippen LogP contribution in [0.1, 0.15) is 48.8 Å². The molecule has 0 saturated carbocycles. The number of aliphatic imine (C=N–C) groups is 1. The van der Waals surface area contributed by atoms with Crippen molar-refractivity contribution in [1.29, 1.82) is 0 Å². The Balaban J connectivity index is 1.41. The minimum Gasteiger partial charge on any atom is -0.487 e. The standard InChI is InChI=1S/C28H34N6O4S/c1-15(2)37-28(36)30-11-16(3)38-22-9-19-13-29-12-18(19)8-21(22)33-25-24-20-7-6-17(27(35)34(4)5)10-23(20)39-26(24)32-14-31-25/h8-9,12,14-17H,6-7,10-11,13H2,1-5H3,(H,30,36)(H,31,32,33)/t16-,17+/m1/s1. The fourth-order valence-corrected chi connectivity index (χ4v) is 6.25. The molecule has 0 spiro atoms. The number of nitrogens with one attached hydrogen (secondary N) is 2. The molecule has 2 atom stereocenters. The number of amides is 2. The number of thiophene rings is 1. The molecule has 11 heteroatoms. The first kappa shape index (κ1) is 26.9. The Kier molecular flexibility index (Phi) is 7.69. The third-order valence-electron chi connectivity index (χ3n) is 6.83. The Hall–Kier alpha value is -3.73. The van der Waals surface area contributed by atoms with Gasteiger partial charge in [-0.1, -0.05) is 0 Å². The second-order valence-electron chi connectivity index (χ2n) is 10.5. The van der Waals surface area contributed by atoms with Crippen LogP contribution in [-0.2, 0) is 28.9 Å². The van der Waals surface area contributed by atoms with Crippen molar-refractivity contribution in [3.63, 3.8) is 0 Å². The van der Waals surface area contributed by atoms with E-state index in [0.717, 1.165) is 46.3 Å². The monoisotopic (exact) mass is 550 g/mol. The van der Waals surface area contributed by atoms with E-state index in [1.165, 1.54) is 10.4 Å². The van der Waals surface area contributed by atoms with Crippen LogP contribution in [0.15, 0.2) is 23.5 Å².